The van der Waals surface area contributed by atoms with Gasteiger partial charge in [-0.15, -0.1) is 0 Å². The molecule has 3 heteroatoms. The highest BCUT2D eigenvalue weighted by Gasteiger charge is 1.97. The lowest BCUT2D eigenvalue weighted by atomic mass is 10.1. The van der Waals surface area contributed by atoms with Gasteiger partial charge < -0.3 is 15.0 Å². The normalized spacial score (nSPS) is 11.9. The van der Waals surface area contributed by atoms with Gasteiger partial charge in [0, 0.05) is 13.1 Å². The van der Waals surface area contributed by atoms with Gasteiger partial charge in [-0.25, -0.2) is 0 Å². The lowest BCUT2D eigenvalue weighted by Crippen LogP contribution is -2.19. The fraction of sp³-hybridized carbons (Fsp3) is 0.500. The molecule has 1 aromatic carbocycles. The van der Waals surface area contributed by atoms with Gasteiger partial charge in [-0.1, -0.05) is 30.7 Å². The topological polar surface area (TPSA) is 24.5 Å². The van der Waals surface area contributed by atoms with Gasteiger partial charge in [-0.05, 0) is 45.3 Å². The summed E-state index contributed by atoms with van der Waals surface area (Å²) in [4.78, 5) is 2.11. The van der Waals surface area contributed by atoms with Gasteiger partial charge in [-0.2, -0.15) is 0 Å². The Labute approximate surface area is 117 Å². The van der Waals surface area contributed by atoms with Crippen LogP contribution in [0.5, 0.6) is 5.75 Å². The SMILES string of the molecule is CCC(=Cc1ccc(OCCN(C)C)cc1)CNC. The fourth-order valence-corrected chi connectivity index (χ4v) is 1.75. The average Bonchev–Trinajstić information content (AvgIpc) is 2.39. The Kier molecular flexibility index (Phi) is 7.23. The molecule has 1 N–H and O–H groups in total. The van der Waals surface area contributed by atoms with E-state index in [4.69, 9.17) is 4.74 Å². The summed E-state index contributed by atoms with van der Waals surface area (Å²) in [5, 5.41) is 3.19. The molecular weight excluding hydrogens is 236 g/mol. The van der Waals surface area contributed by atoms with Crippen LogP contribution in [-0.2, 0) is 0 Å². The molecule has 0 atom stereocenters. The smallest absolute Gasteiger partial charge is 0.119 e. The summed E-state index contributed by atoms with van der Waals surface area (Å²) in [6.07, 6.45) is 3.31. The van der Waals surface area contributed by atoms with Gasteiger partial charge in [0.05, 0.1) is 0 Å². The molecular formula is C16H26N2O. The second-order valence-electron chi connectivity index (χ2n) is 4.91. The zero-order valence-electron chi connectivity index (χ0n) is 12.6. The average molecular weight is 262 g/mol. The highest BCUT2D eigenvalue weighted by atomic mass is 16.5. The van der Waals surface area contributed by atoms with Gasteiger partial charge >= 0.3 is 0 Å². The highest BCUT2D eigenvalue weighted by molar-refractivity contribution is 5.54. The highest BCUT2D eigenvalue weighted by Crippen LogP contribution is 2.15. The molecule has 1 aromatic rings. The van der Waals surface area contributed by atoms with E-state index < -0.39 is 0 Å². The molecule has 106 valence electrons. The monoisotopic (exact) mass is 262 g/mol. The molecule has 19 heavy (non-hydrogen) atoms. The third-order valence-electron chi connectivity index (χ3n) is 2.92. The van der Waals surface area contributed by atoms with Crippen molar-refractivity contribution in [2.75, 3.05) is 40.8 Å². The van der Waals surface area contributed by atoms with Crippen molar-refractivity contribution in [3.8, 4) is 5.75 Å². The number of rotatable bonds is 8. The lowest BCUT2D eigenvalue weighted by molar-refractivity contribution is 0.261. The number of nitrogens with zero attached hydrogens (tertiary/aromatic N) is 1. The van der Waals surface area contributed by atoms with Crippen molar-refractivity contribution in [2.24, 2.45) is 0 Å². The van der Waals surface area contributed by atoms with Gasteiger partial charge in [0.1, 0.15) is 12.4 Å². The van der Waals surface area contributed by atoms with Crippen molar-refractivity contribution in [3.63, 3.8) is 0 Å². The Morgan fingerprint density at radius 2 is 1.95 bits per heavy atom. The van der Waals surface area contributed by atoms with Crippen LogP contribution in [0.25, 0.3) is 6.08 Å². The number of benzene rings is 1. The zero-order valence-corrected chi connectivity index (χ0v) is 12.6. The molecule has 0 amide bonds. The third-order valence-corrected chi connectivity index (χ3v) is 2.92. The molecule has 0 bridgehead atoms. The van der Waals surface area contributed by atoms with E-state index in [1.54, 1.807) is 0 Å². The molecule has 1 rings (SSSR count). The van der Waals surface area contributed by atoms with Crippen molar-refractivity contribution >= 4 is 6.08 Å². The molecule has 0 aliphatic heterocycles. The Bertz CT molecular complexity index is 382. The zero-order chi connectivity index (χ0) is 14.1. The van der Waals surface area contributed by atoms with Gasteiger partial charge in [0.15, 0.2) is 0 Å². The van der Waals surface area contributed by atoms with Crippen LogP contribution in [0.2, 0.25) is 0 Å². The summed E-state index contributed by atoms with van der Waals surface area (Å²) in [5.74, 6) is 0.936. The first-order valence-electron chi connectivity index (χ1n) is 6.87. The summed E-state index contributed by atoms with van der Waals surface area (Å²) in [5.41, 5.74) is 2.64. The summed E-state index contributed by atoms with van der Waals surface area (Å²) < 4.78 is 5.68. The Balaban J connectivity index is 2.55. The van der Waals surface area contributed by atoms with Crippen LogP contribution >= 0.6 is 0 Å². The van der Waals surface area contributed by atoms with E-state index in [2.05, 4.69) is 35.3 Å². The molecule has 0 aliphatic carbocycles. The molecule has 0 spiro atoms. The molecule has 0 aliphatic rings. The fourth-order valence-electron chi connectivity index (χ4n) is 1.75. The number of nitrogens with one attached hydrogen (secondary N) is 1. The van der Waals surface area contributed by atoms with E-state index >= 15 is 0 Å². The van der Waals surface area contributed by atoms with Crippen LogP contribution < -0.4 is 10.1 Å². The van der Waals surface area contributed by atoms with Crippen molar-refractivity contribution in [2.45, 2.75) is 13.3 Å². The van der Waals surface area contributed by atoms with Crippen molar-refractivity contribution in [1.29, 1.82) is 0 Å². The maximum atomic E-state index is 5.68. The molecule has 0 heterocycles. The van der Waals surface area contributed by atoms with E-state index in [1.807, 2.05) is 33.3 Å². The Morgan fingerprint density at radius 3 is 2.47 bits per heavy atom. The summed E-state index contributed by atoms with van der Waals surface area (Å²) in [6.45, 7) is 4.78. The van der Waals surface area contributed by atoms with Gasteiger partial charge in [0.25, 0.3) is 0 Å². The summed E-state index contributed by atoms with van der Waals surface area (Å²) in [6, 6.07) is 8.29. The minimum absolute atomic E-state index is 0.724. The van der Waals surface area contributed by atoms with E-state index in [1.165, 1.54) is 11.1 Å². The molecule has 3 nitrogen and oxygen atoms in total. The number of hydrogen-bond acceptors (Lipinski definition) is 3. The Morgan fingerprint density at radius 1 is 1.26 bits per heavy atom. The second kappa shape index (κ2) is 8.73. The first kappa shape index (κ1) is 15.7. The number of ether oxygens (including phenoxy) is 1. The molecule has 0 fully saturated rings. The molecule has 0 aromatic heterocycles. The minimum atomic E-state index is 0.724. The standard InChI is InChI=1S/C16H26N2O/c1-5-14(13-17-2)12-15-6-8-16(9-7-15)19-11-10-18(3)4/h6-9,12,17H,5,10-11,13H2,1-4H3. The quantitative estimate of drug-likeness (QED) is 0.779. The first-order valence-corrected chi connectivity index (χ1v) is 6.87. The Hall–Kier alpha value is -1.32. The number of hydrogen-bond donors (Lipinski definition) is 1. The number of likely N-dealkylation sites (N-methyl/N-ethyl adjacent to an activating group) is 2. The maximum Gasteiger partial charge on any atom is 0.119 e. The van der Waals surface area contributed by atoms with Crippen LogP contribution in [0.3, 0.4) is 0 Å². The first-order chi connectivity index (χ1) is 9.15. The maximum absolute atomic E-state index is 5.68. The summed E-state index contributed by atoms with van der Waals surface area (Å²) in [7, 11) is 6.07. The molecule has 0 saturated carbocycles. The van der Waals surface area contributed by atoms with Crippen molar-refractivity contribution in [1.82, 2.24) is 10.2 Å². The predicted molar refractivity (Wildman–Crippen MR) is 82.7 cm³/mol. The van der Waals surface area contributed by atoms with Crippen LogP contribution in [-0.4, -0.2) is 45.7 Å². The summed E-state index contributed by atoms with van der Waals surface area (Å²) >= 11 is 0. The largest absolute Gasteiger partial charge is 0.492 e. The van der Waals surface area contributed by atoms with Crippen LogP contribution in [0, 0.1) is 0 Å². The van der Waals surface area contributed by atoms with E-state index in [9.17, 15) is 0 Å². The predicted octanol–water partition coefficient (Wildman–Crippen LogP) is 2.64. The van der Waals surface area contributed by atoms with Crippen LogP contribution in [0.1, 0.15) is 18.9 Å². The molecule has 0 saturated heterocycles. The van der Waals surface area contributed by atoms with E-state index in [-0.39, 0.29) is 0 Å². The lowest BCUT2D eigenvalue weighted by Gasteiger charge is -2.11. The van der Waals surface area contributed by atoms with Crippen LogP contribution in [0.15, 0.2) is 29.8 Å². The van der Waals surface area contributed by atoms with Crippen molar-refractivity contribution in [3.05, 3.63) is 35.4 Å². The minimum Gasteiger partial charge on any atom is -0.492 e. The van der Waals surface area contributed by atoms with E-state index in [0.29, 0.717) is 0 Å². The third kappa shape index (κ3) is 6.41. The molecule has 0 unspecified atom stereocenters. The van der Waals surface area contributed by atoms with Gasteiger partial charge in [0.2, 0.25) is 0 Å². The van der Waals surface area contributed by atoms with Crippen molar-refractivity contribution < 1.29 is 4.74 Å². The second-order valence-corrected chi connectivity index (χ2v) is 4.91. The van der Waals surface area contributed by atoms with Gasteiger partial charge in [-0.3, -0.25) is 0 Å². The van der Waals surface area contributed by atoms with Crippen LogP contribution in [0.4, 0.5) is 0 Å². The van der Waals surface area contributed by atoms with E-state index in [0.717, 1.165) is 31.9 Å². The molecule has 0 radical (unpaired) electrons.